The zero-order valence-corrected chi connectivity index (χ0v) is 15.4. The van der Waals surface area contributed by atoms with Crippen molar-refractivity contribution in [3.05, 3.63) is 41.5 Å². The van der Waals surface area contributed by atoms with Gasteiger partial charge in [0.05, 0.1) is 4.90 Å². The van der Waals surface area contributed by atoms with Crippen LogP contribution in [0.5, 0.6) is 0 Å². The monoisotopic (exact) mass is 351 g/mol. The molecule has 0 aromatic heterocycles. The first-order chi connectivity index (χ1) is 11.5. The highest BCUT2D eigenvalue weighted by Gasteiger charge is 2.23. The number of hydrogen-bond donors (Lipinski definition) is 1. The standard InChI is InChI=1S/C19H29NO3S/c1-17-9-11-19(12-10-17)24(22,23)20(14-6-16-21)15-13-18-7-4-2-3-5-8-18/h9-13,21H,2-8,14-16H2,1H3. The van der Waals surface area contributed by atoms with Gasteiger partial charge in [0.25, 0.3) is 0 Å². The van der Waals surface area contributed by atoms with Crippen LogP contribution in [0.2, 0.25) is 0 Å². The van der Waals surface area contributed by atoms with Crippen LogP contribution >= 0.6 is 0 Å². The Labute approximate surface area is 146 Å². The molecular formula is C19H29NO3S. The topological polar surface area (TPSA) is 57.6 Å². The molecule has 2 rings (SSSR count). The maximum Gasteiger partial charge on any atom is 0.243 e. The van der Waals surface area contributed by atoms with Crippen molar-refractivity contribution in [2.45, 2.75) is 56.8 Å². The van der Waals surface area contributed by atoms with Gasteiger partial charge in [0.1, 0.15) is 0 Å². The summed E-state index contributed by atoms with van der Waals surface area (Å²) in [6.07, 6.45) is 9.65. The molecule has 0 aliphatic heterocycles. The number of allylic oxidation sites excluding steroid dienone is 1. The van der Waals surface area contributed by atoms with Gasteiger partial charge in [0.15, 0.2) is 0 Å². The van der Waals surface area contributed by atoms with E-state index in [1.807, 2.05) is 19.1 Å². The first kappa shape index (κ1) is 19.2. The Morgan fingerprint density at radius 3 is 2.29 bits per heavy atom. The normalized spacial score (nSPS) is 16.2. The highest BCUT2D eigenvalue weighted by molar-refractivity contribution is 7.89. The van der Waals surface area contributed by atoms with E-state index in [0.717, 1.165) is 18.4 Å². The Hall–Kier alpha value is -1.17. The fourth-order valence-electron chi connectivity index (χ4n) is 3.03. The van der Waals surface area contributed by atoms with Crippen molar-refractivity contribution in [2.75, 3.05) is 19.7 Å². The molecule has 4 nitrogen and oxygen atoms in total. The largest absolute Gasteiger partial charge is 0.396 e. The van der Waals surface area contributed by atoms with Gasteiger partial charge in [-0.2, -0.15) is 4.31 Å². The molecule has 1 saturated carbocycles. The quantitative estimate of drug-likeness (QED) is 0.602. The molecule has 0 saturated heterocycles. The zero-order valence-electron chi connectivity index (χ0n) is 14.6. The van der Waals surface area contributed by atoms with Crippen LogP contribution in [-0.2, 0) is 10.0 Å². The predicted molar refractivity (Wildman–Crippen MR) is 97.4 cm³/mol. The average molecular weight is 352 g/mol. The molecule has 134 valence electrons. The number of sulfonamides is 1. The lowest BCUT2D eigenvalue weighted by molar-refractivity contribution is 0.272. The Kier molecular flexibility index (Phi) is 7.46. The molecule has 0 amide bonds. The fraction of sp³-hybridized carbons (Fsp3) is 0.579. The van der Waals surface area contributed by atoms with E-state index in [9.17, 15) is 8.42 Å². The summed E-state index contributed by atoms with van der Waals surface area (Å²) >= 11 is 0. The Morgan fingerprint density at radius 2 is 1.71 bits per heavy atom. The summed E-state index contributed by atoms with van der Waals surface area (Å²) in [6.45, 7) is 2.68. The minimum atomic E-state index is -3.52. The predicted octanol–water partition coefficient (Wildman–Crippen LogP) is 3.65. The summed E-state index contributed by atoms with van der Waals surface area (Å²) in [7, 11) is -3.52. The average Bonchev–Trinajstić information content (AvgIpc) is 2.84. The molecule has 0 spiro atoms. The summed E-state index contributed by atoms with van der Waals surface area (Å²) in [6, 6.07) is 6.96. The van der Waals surface area contributed by atoms with Crippen LogP contribution in [0.25, 0.3) is 0 Å². The van der Waals surface area contributed by atoms with Crippen LogP contribution in [0.3, 0.4) is 0 Å². The third-order valence-electron chi connectivity index (χ3n) is 4.55. The fourth-order valence-corrected chi connectivity index (χ4v) is 4.45. The van der Waals surface area contributed by atoms with Crippen molar-refractivity contribution >= 4 is 10.0 Å². The molecular weight excluding hydrogens is 322 g/mol. The molecule has 1 aromatic rings. The van der Waals surface area contributed by atoms with Crippen molar-refractivity contribution in [1.29, 1.82) is 0 Å². The van der Waals surface area contributed by atoms with E-state index >= 15 is 0 Å². The van der Waals surface area contributed by atoms with Gasteiger partial charge >= 0.3 is 0 Å². The van der Waals surface area contributed by atoms with E-state index in [2.05, 4.69) is 6.08 Å². The number of hydrogen-bond acceptors (Lipinski definition) is 3. The van der Waals surface area contributed by atoms with Gasteiger partial charge < -0.3 is 5.11 Å². The van der Waals surface area contributed by atoms with Crippen molar-refractivity contribution in [2.24, 2.45) is 0 Å². The summed E-state index contributed by atoms with van der Waals surface area (Å²) in [5.74, 6) is 0. The molecule has 0 atom stereocenters. The lowest BCUT2D eigenvalue weighted by Gasteiger charge is -2.21. The Morgan fingerprint density at radius 1 is 1.08 bits per heavy atom. The minimum Gasteiger partial charge on any atom is -0.396 e. The molecule has 1 fully saturated rings. The molecule has 24 heavy (non-hydrogen) atoms. The van der Waals surface area contributed by atoms with Crippen LogP contribution < -0.4 is 0 Å². The number of benzene rings is 1. The van der Waals surface area contributed by atoms with E-state index in [-0.39, 0.29) is 6.61 Å². The van der Waals surface area contributed by atoms with Gasteiger partial charge in [0, 0.05) is 19.7 Å². The summed E-state index contributed by atoms with van der Waals surface area (Å²) in [4.78, 5) is 0.324. The van der Waals surface area contributed by atoms with Crippen LogP contribution in [0.4, 0.5) is 0 Å². The van der Waals surface area contributed by atoms with Crippen molar-refractivity contribution < 1.29 is 13.5 Å². The van der Waals surface area contributed by atoms with Gasteiger partial charge in [0.2, 0.25) is 10.0 Å². The van der Waals surface area contributed by atoms with E-state index in [1.165, 1.54) is 35.6 Å². The second kappa shape index (κ2) is 9.35. The molecule has 0 heterocycles. The lowest BCUT2D eigenvalue weighted by atomic mass is 10.1. The van der Waals surface area contributed by atoms with Crippen molar-refractivity contribution in [3.63, 3.8) is 0 Å². The highest BCUT2D eigenvalue weighted by Crippen LogP contribution is 2.23. The van der Waals surface area contributed by atoms with Gasteiger partial charge in [-0.05, 0) is 51.2 Å². The smallest absolute Gasteiger partial charge is 0.243 e. The second-order valence-electron chi connectivity index (χ2n) is 6.53. The number of rotatable bonds is 7. The Bertz CT molecular complexity index is 625. The number of aryl methyl sites for hydroxylation is 1. The van der Waals surface area contributed by atoms with Crippen LogP contribution in [-0.4, -0.2) is 37.5 Å². The molecule has 1 aliphatic rings. The molecule has 1 N–H and O–H groups in total. The second-order valence-corrected chi connectivity index (χ2v) is 8.47. The minimum absolute atomic E-state index is 0.00348. The first-order valence-electron chi connectivity index (χ1n) is 8.89. The van der Waals surface area contributed by atoms with Gasteiger partial charge in [-0.15, -0.1) is 0 Å². The van der Waals surface area contributed by atoms with E-state index in [0.29, 0.717) is 24.4 Å². The lowest BCUT2D eigenvalue weighted by Crippen LogP contribution is -2.33. The van der Waals surface area contributed by atoms with E-state index in [1.54, 1.807) is 12.1 Å². The first-order valence-corrected chi connectivity index (χ1v) is 10.3. The van der Waals surface area contributed by atoms with E-state index in [4.69, 9.17) is 5.11 Å². The molecule has 0 unspecified atom stereocenters. The summed E-state index contributed by atoms with van der Waals surface area (Å²) in [5, 5.41) is 9.11. The van der Waals surface area contributed by atoms with Gasteiger partial charge in [-0.1, -0.05) is 42.2 Å². The van der Waals surface area contributed by atoms with Gasteiger partial charge in [-0.3, -0.25) is 0 Å². The maximum atomic E-state index is 12.9. The summed E-state index contributed by atoms with van der Waals surface area (Å²) < 4.78 is 27.3. The van der Waals surface area contributed by atoms with Crippen LogP contribution in [0, 0.1) is 6.92 Å². The molecule has 1 aromatic carbocycles. The molecule has 5 heteroatoms. The molecule has 1 aliphatic carbocycles. The van der Waals surface area contributed by atoms with Crippen molar-refractivity contribution in [1.82, 2.24) is 4.31 Å². The Balaban J connectivity index is 2.16. The zero-order chi connectivity index (χ0) is 17.4. The molecule has 0 radical (unpaired) electrons. The number of aliphatic hydroxyl groups is 1. The summed E-state index contributed by atoms with van der Waals surface area (Å²) in [5.41, 5.74) is 2.41. The highest BCUT2D eigenvalue weighted by atomic mass is 32.2. The van der Waals surface area contributed by atoms with Crippen LogP contribution in [0.15, 0.2) is 40.8 Å². The van der Waals surface area contributed by atoms with Crippen molar-refractivity contribution in [3.8, 4) is 0 Å². The molecule has 0 bridgehead atoms. The number of aliphatic hydroxyl groups excluding tert-OH is 1. The maximum absolute atomic E-state index is 12.9. The van der Waals surface area contributed by atoms with Crippen LogP contribution in [0.1, 0.15) is 50.5 Å². The van der Waals surface area contributed by atoms with E-state index < -0.39 is 10.0 Å². The SMILES string of the molecule is Cc1ccc(S(=O)(=O)N(CC=C2CCCCCC2)CCCO)cc1. The third kappa shape index (κ3) is 5.43. The van der Waals surface area contributed by atoms with Gasteiger partial charge in [-0.25, -0.2) is 8.42 Å². The third-order valence-corrected chi connectivity index (χ3v) is 6.43. The number of nitrogens with zero attached hydrogens (tertiary/aromatic N) is 1.